The van der Waals surface area contributed by atoms with Crippen LogP contribution in [0.1, 0.15) is 19.7 Å². The zero-order valence-electron chi connectivity index (χ0n) is 16.9. The van der Waals surface area contributed by atoms with Crippen molar-refractivity contribution in [3.05, 3.63) is 47.9 Å². The van der Waals surface area contributed by atoms with Gasteiger partial charge in [0.05, 0.1) is 0 Å². The smallest absolute Gasteiger partial charge is 0.350 e. The van der Waals surface area contributed by atoms with Crippen molar-refractivity contribution in [3.8, 4) is 0 Å². The molecule has 1 aliphatic rings. The van der Waals surface area contributed by atoms with Crippen LogP contribution in [0.15, 0.2) is 42.1 Å². The highest BCUT2D eigenvalue weighted by Gasteiger charge is 2.38. The number of carbonyl (C=O) groups is 2. The molecule has 1 aliphatic heterocycles. The summed E-state index contributed by atoms with van der Waals surface area (Å²) in [5.41, 5.74) is 1.31. The van der Waals surface area contributed by atoms with Crippen molar-refractivity contribution in [2.45, 2.75) is 26.6 Å². The molecule has 2 aromatic rings. The molecule has 1 aromatic carbocycles. The van der Waals surface area contributed by atoms with Crippen molar-refractivity contribution < 1.29 is 19.1 Å². The van der Waals surface area contributed by atoms with Crippen LogP contribution < -0.4 is 15.5 Å². The first kappa shape index (κ1) is 20.1. The van der Waals surface area contributed by atoms with Gasteiger partial charge in [0.15, 0.2) is 5.57 Å². The molecule has 0 amide bonds. The number of nitrogens with one attached hydrogen (secondary N) is 2. The Hall–Kier alpha value is -3.62. The molecular formula is C20H23N5O4. The van der Waals surface area contributed by atoms with Gasteiger partial charge in [-0.25, -0.2) is 19.6 Å². The molecule has 152 valence electrons. The maximum Gasteiger partial charge on any atom is 0.350 e. The number of nitrogens with zero attached hydrogens (tertiary/aromatic N) is 3. The quantitative estimate of drug-likeness (QED) is 0.447. The van der Waals surface area contributed by atoms with Gasteiger partial charge in [0.25, 0.3) is 5.79 Å². The number of hydrogen-bond donors (Lipinski definition) is 2. The van der Waals surface area contributed by atoms with Crippen LogP contribution in [0.3, 0.4) is 0 Å². The maximum atomic E-state index is 11.9. The fourth-order valence-electron chi connectivity index (χ4n) is 2.58. The van der Waals surface area contributed by atoms with Gasteiger partial charge in [-0.15, -0.1) is 0 Å². The topological polar surface area (TPSA) is 106 Å². The SMILES string of the molecule is Cc1nc(Nc2ccc(NC=C3C(=O)OC(C)(C)OC3=O)cc2)cc(N(C)C)n1. The van der Waals surface area contributed by atoms with E-state index in [2.05, 4.69) is 20.6 Å². The number of carbonyl (C=O) groups excluding carboxylic acids is 2. The zero-order chi connectivity index (χ0) is 21.2. The van der Waals surface area contributed by atoms with E-state index in [0.29, 0.717) is 17.3 Å². The Morgan fingerprint density at radius 3 is 2.17 bits per heavy atom. The molecule has 3 rings (SSSR count). The number of esters is 2. The lowest BCUT2D eigenvalue weighted by Crippen LogP contribution is -2.42. The molecule has 0 spiro atoms. The molecule has 0 saturated carbocycles. The first-order valence-corrected chi connectivity index (χ1v) is 8.96. The lowest BCUT2D eigenvalue weighted by molar-refractivity contribution is -0.222. The van der Waals surface area contributed by atoms with Crippen LogP contribution in [-0.4, -0.2) is 41.8 Å². The molecule has 1 saturated heterocycles. The second-order valence-corrected chi connectivity index (χ2v) is 7.14. The monoisotopic (exact) mass is 397 g/mol. The second kappa shape index (κ2) is 7.78. The van der Waals surface area contributed by atoms with Crippen molar-refractivity contribution in [1.82, 2.24) is 9.97 Å². The summed E-state index contributed by atoms with van der Waals surface area (Å²) in [4.78, 5) is 34.5. The fraction of sp³-hybridized carbons (Fsp3) is 0.300. The minimum absolute atomic E-state index is 0.195. The molecule has 0 bridgehead atoms. The Kier molecular flexibility index (Phi) is 5.40. The summed E-state index contributed by atoms with van der Waals surface area (Å²) in [5, 5.41) is 6.13. The average Bonchev–Trinajstić information content (AvgIpc) is 2.61. The Bertz CT molecular complexity index is 945. The molecule has 0 atom stereocenters. The number of hydrogen-bond acceptors (Lipinski definition) is 9. The Morgan fingerprint density at radius 2 is 1.59 bits per heavy atom. The molecule has 2 N–H and O–H groups in total. The first-order chi connectivity index (χ1) is 13.6. The number of aromatic nitrogens is 2. The van der Waals surface area contributed by atoms with Crippen LogP contribution in [-0.2, 0) is 19.1 Å². The summed E-state index contributed by atoms with van der Waals surface area (Å²) in [6, 6.07) is 9.13. The van der Waals surface area contributed by atoms with E-state index in [4.69, 9.17) is 9.47 Å². The number of anilines is 4. The Balaban J connectivity index is 1.68. The number of rotatable bonds is 5. The molecule has 1 fully saturated rings. The largest absolute Gasteiger partial charge is 0.419 e. The average molecular weight is 397 g/mol. The molecule has 9 heteroatoms. The third-order valence-corrected chi connectivity index (χ3v) is 3.94. The van der Waals surface area contributed by atoms with Crippen LogP contribution in [0.5, 0.6) is 0 Å². The van der Waals surface area contributed by atoms with Gasteiger partial charge in [0.1, 0.15) is 17.5 Å². The first-order valence-electron chi connectivity index (χ1n) is 8.96. The number of aryl methyl sites for hydroxylation is 1. The molecular weight excluding hydrogens is 374 g/mol. The number of ether oxygens (including phenoxy) is 2. The van der Waals surface area contributed by atoms with Gasteiger partial charge < -0.3 is 25.0 Å². The van der Waals surface area contributed by atoms with Crippen molar-refractivity contribution in [1.29, 1.82) is 0 Å². The Morgan fingerprint density at radius 1 is 1.00 bits per heavy atom. The van der Waals surface area contributed by atoms with Crippen LogP contribution in [0.4, 0.5) is 23.0 Å². The van der Waals surface area contributed by atoms with Crippen LogP contribution in [0.25, 0.3) is 0 Å². The standard InChI is InChI=1S/C20H23N5O4/c1-12-22-16(10-17(23-12)25(4)5)24-14-8-6-13(7-9-14)21-11-15-18(26)28-20(2,3)29-19(15)27/h6-11,21H,1-5H3,(H,22,23,24). The van der Waals surface area contributed by atoms with E-state index in [1.165, 1.54) is 20.0 Å². The summed E-state index contributed by atoms with van der Waals surface area (Å²) in [5.74, 6) is -0.567. The van der Waals surface area contributed by atoms with Crippen molar-refractivity contribution in [2.24, 2.45) is 0 Å². The van der Waals surface area contributed by atoms with Crippen molar-refractivity contribution in [2.75, 3.05) is 29.6 Å². The van der Waals surface area contributed by atoms with E-state index in [0.717, 1.165) is 11.5 Å². The number of benzene rings is 1. The molecule has 1 aromatic heterocycles. The van der Waals surface area contributed by atoms with E-state index in [-0.39, 0.29) is 5.57 Å². The second-order valence-electron chi connectivity index (χ2n) is 7.14. The van der Waals surface area contributed by atoms with Crippen molar-refractivity contribution in [3.63, 3.8) is 0 Å². The predicted molar refractivity (Wildman–Crippen MR) is 109 cm³/mol. The van der Waals surface area contributed by atoms with Gasteiger partial charge >= 0.3 is 11.9 Å². The third-order valence-electron chi connectivity index (χ3n) is 3.94. The molecule has 0 radical (unpaired) electrons. The van der Waals surface area contributed by atoms with E-state index in [1.807, 2.05) is 44.1 Å². The molecule has 9 nitrogen and oxygen atoms in total. The zero-order valence-corrected chi connectivity index (χ0v) is 16.9. The highest BCUT2D eigenvalue weighted by molar-refractivity contribution is 6.15. The summed E-state index contributed by atoms with van der Waals surface area (Å²) in [6.45, 7) is 4.83. The van der Waals surface area contributed by atoms with Gasteiger partial charge in [-0.1, -0.05) is 0 Å². The van der Waals surface area contributed by atoms with Crippen LogP contribution in [0.2, 0.25) is 0 Å². The molecule has 2 heterocycles. The third kappa shape index (κ3) is 5.01. The highest BCUT2D eigenvalue weighted by atomic mass is 16.7. The van der Waals surface area contributed by atoms with Gasteiger partial charge in [-0.3, -0.25) is 0 Å². The van der Waals surface area contributed by atoms with Crippen LogP contribution in [0, 0.1) is 6.92 Å². The predicted octanol–water partition coefficient (Wildman–Crippen LogP) is 2.73. The van der Waals surface area contributed by atoms with E-state index in [9.17, 15) is 9.59 Å². The lowest BCUT2D eigenvalue weighted by Gasteiger charge is -2.29. The molecule has 0 aliphatic carbocycles. The van der Waals surface area contributed by atoms with Gasteiger partial charge in [0.2, 0.25) is 0 Å². The number of cyclic esters (lactones) is 2. The van der Waals surface area contributed by atoms with Gasteiger partial charge in [0, 0.05) is 51.6 Å². The Labute approximate surface area is 168 Å². The fourth-order valence-corrected chi connectivity index (χ4v) is 2.58. The lowest BCUT2D eigenvalue weighted by atomic mass is 10.2. The maximum absolute atomic E-state index is 11.9. The van der Waals surface area contributed by atoms with Crippen molar-refractivity contribution >= 4 is 34.9 Å². The highest BCUT2D eigenvalue weighted by Crippen LogP contribution is 2.24. The molecule has 0 unspecified atom stereocenters. The summed E-state index contributed by atoms with van der Waals surface area (Å²) in [7, 11) is 3.83. The van der Waals surface area contributed by atoms with E-state index in [1.54, 1.807) is 12.1 Å². The minimum Gasteiger partial charge on any atom is -0.419 e. The minimum atomic E-state index is -1.26. The summed E-state index contributed by atoms with van der Waals surface area (Å²) in [6.07, 6.45) is 1.28. The van der Waals surface area contributed by atoms with E-state index < -0.39 is 17.7 Å². The van der Waals surface area contributed by atoms with E-state index >= 15 is 0 Å². The normalized spacial score (nSPS) is 15.3. The molecule has 29 heavy (non-hydrogen) atoms. The van der Waals surface area contributed by atoms with Gasteiger partial charge in [-0.05, 0) is 31.2 Å². The van der Waals surface area contributed by atoms with Crippen LogP contribution >= 0.6 is 0 Å². The summed E-state index contributed by atoms with van der Waals surface area (Å²) >= 11 is 0. The van der Waals surface area contributed by atoms with Gasteiger partial charge in [-0.2, -0.15) is 0 Å². The summed E-state index contributed by atoms with van der Waals surface area (Å²) < 4.78 is 10.1.